The number of hydrogen-bond acceptors (Lipinski definition) is 4. The number of amides is 1. The third kappa shape index (κ3) is 2.84. The van der Waals surface area contributed by atoms with Crippen LogP contribution in [0.25, 0.3) is 21.9 Å². The summed E-state index contributed by atoms with van der Waals surface area (Å²) < 4.78 is 16.5. The molecule has 0 spiro atoms. The number of hydrogen-bond donors (Lipinski definition) is 1. The van der Waals surface area contributed by atoms with Crippen LogP contribution in [0, 0.1) is 0 Å². The highest BCUT2D eigenvalue weighted by Gasteiger charge is 2.09. The van der Waals surface area contributed by atoms with E-state index in [4.69, 9.17) is 13.6 Å². The Morgan fingerprint density at radius 1 is 1.00 bits per heavy atom. The van der Waals surface area contributed by atoms with Crippen molar-refractivity contribution in [2.45, 2.75) is 6.54 Å². The highest BCUT2D eigenvalue weighted by molar-refractivity contribution is 6.05. The summed E-state index contributed by atoms with van der Waals surface area (Å²) >= 11 is 0. The minimum atomic E-state index is -0.205. The lowest BCUT2D eigenvalue weighted by Gasteiger charge is -2.06. The van der Waals surface area contributed by atoms with E-state index >= 15 is 0 Å². The lowest BCUT2D eigenvalue weighted by molar-refractivity contribution is -0.123. The average Bonchev–Trinajstić information content (AvgIpc) is 3.25. The van der Waals surface area contributed by atoms with Gasteiger partial charge in [0.2, 0.25) is 0 Å². The maximum atomic E-state index is 11.8. The SMILES string of the molecule is O=C(COc1ccc2oc3ccccc3c2c1)NCc1ccco1. The fraction of sp³-hybridized carbons (Fsp3) is 0.105. The molecule has 0 aliphatic heterocycles. The van der Waals surface area contributed by atoms with Crippen molar-refractivity contribution in [1.29, 1.82) is 0 Å². The number of fused-ring (bicyclic) bond motifs is 3. The Labute approximate surface area is 137 Å². The zero-order valence-corrected chi connectivity index (χ0v) is 12.8. The summed E-state index contributed by atoms with van der Waals surface area (Å²) in [5.41, 5.74) is 1.63. The van der Waals surface area contributed by atoms with Crippen molar-refractivity contribution in [3.05, 3.63) is 66.6 Å². The molecule has 0 aliphatic rings. The number of rotatable bonds is 5. The van der Waals surface area contributed by atoms with Crippen LogP contribution in [0.4, 0.5) is 0 Å². The topological polar surface area (TPSA) is 64.6 Å². The zero-order valence-electron chi connectivity index (χ0n) is 12.8. The summed E-state index contributed by atoms with van der Waals surface area (Å²) in [7, 11) is 0. The van der Waals surface area contributed by atoms with E-state index in [2.05, 4.69) is 5.32 Å². The van der Waals surface area contributed by atoms with Gasteiger partial charge in [-0.15, -0.1) is 0 Å². The third-order valence-corrected chi connectivity index (χ3v) is 3.76. The summed E-state index contributed by atoms with van der Waals surface area (Å²) in [6.07, 6.45) is 1.57. The molecule has 24 heavy (non-hydrogen) atoms. The van der Waals surface area contributed by atoms with Gasteiger partial charge >= 0.3 is 0 Å². The van der Waals surface area contributed by atoms with E-state index in [-0.39, 0.29) is 12.5 Å². The first-order valence-electron chi connectivity index (χ1n) is 7.63. The van der Waals surface area contributed by atoms with Gasteiger partial charge in [-0.2, -0.15) is 0 Å². The van der Waals surface area contributed by atoms with E-state index in [1.165, 1.54) is 0 Å². The molecule has 0 radical (unpaired) electrons. The van der Waals surface area contributed by atoms with Crippen LogP contribution >= 0.6 is 0 Å². The van der Waals surface area contributed by atoms with E-state index in [0.29, 0.717) is 18.1 Å². The minimum absolute atomic E-state index is 0.0536. The lowest BCUT2D eigenvalue weighted by Crippen LogP contribution is -2.28. The van der Waals surface area contributed by atoms with Crippen LogP contribution in [0.3, 0.4) is 0 Å². The van der Waals surface area contributed by atoms with Crippen LogP contribution in [0.5, 0.6) is 5.75 Å². The third-order valence-electron chi connectivity index (χ3n) is 3.76. The zero-order chi connectivity index (χ0) is 16.4. The Bertz CT molecular complexity index is 985. The van der Waals surface area contributed by atoms with Crippen molar-refractivity contribution in [3.63, 3.8) is 0 Å². The first-order chi connectivity index (χ1) is 11.8. The molecule has 1 amide bonds. The van der Waals surface area contributed by atoms with Gasteiger partial charge in [0, 0.05) is 10.8 Å². The Hall–Kier alpha value is -3.21. The molecular weight excluding hydrogens is 306 g/mol. The number of carbonyl (C=O) groups is 1. The summed E-state index contributed by atoms with van der Waals surface area (Å²) in [5, 5.41) is 4.74. The Balaban J connectivity index is 1.44. The van der Waals surface area contributed by atoms with Crippen molar-refractivity contribution in [3.8, 4) is 5.75 Å². The molecule has 0 unspecified atom stereocenters. The molecule has 2 heterocycles. The number of ether oxygens (including phenoxy) is 1. The second-order valence-electron chi connectivity index (χ2n) is 5.40. The smallest absolute Gasteiger partial charge is 0.258 e. The molecule has 4 rings (SSSR count). The van der Waals surface area contributed by atoms with Crippen molar-refractivity contribution >= 4 is 27.8 Å². The van der Waals surface area contributed by atoms with Crippen LogP contribution in [0.2, 0.25) is 0 Å². The van der Waals surface area contributed by atoms with Gasteiger partial charge in [-0.25, -0.2) is 0 Å². The van der Waals surface area contributed by atoms with Crippen LogP contribution in [0.1, 0.15) is 5.76 Å². The van der Waals surface area contributed by atoms with E-state index in [9.17, 15) is 4.79 Å². The molecule has 4 aromatic rings. The van der Waals surface area contributed by atoms with E-state index in [0.717, 1.165) is 21.9 Å². The average molecular weight is 321 g/mol. The predicted octanol–water partition coefficient (Wildman–Crippen LogP) is 3.87. The highest BCUT2D eigenvalue weighted by Crippen LogP contribution is 2.31. The monoisotopic (exact) mass is 321 g/mol. The first kappa shape index (κ1) is 14.4. The molecule has 120 valence electrons. The summed E-state index contributed by atoms with van der Waals surface area (Å²) in [6, 6.07) is 17.0. The van der Waals surface area contributed by atoms with Crippen LogP contribution < -0.4 is 10.1 Å². The maximum Gasteiger partial charge on any atom is 0.258 e. The van der Waals surface area contributed by atoms with E-state index in [1.54, 1.807) is 24.5 Å². The fourth-order valence-electron chi connectivity index (χ4n) is 2.59. The van der Waals surface area contributed by atoms with Crippen molar-refractivity contribution in [2.75, 3.05) is 6.61 Å². The molecule has 0 bridgehead atoms. The quantitative estimate of drug-likeness (QED) is 0.606. The number of carbonyl (C=O) groups excluding carboxylic acids is 1. The minimum Gasteiger partial charge on any atom is -0.484 e. The number of benzene rings is 2. The molecule has 2 aromatic carbocycles. The number of furan rings is 2. The first-order valence-corrected chi connectivity index (χ1v) is 7.63. The molecule has 0 atom stereocenters. The highest BCUT2D eigenvalue weighted by atomic mass is 16.5. The largest absolute Gasteiger partial charge is 0.484 e. The van der Waals surface area contributed by atoms with Gasteiger partial charge in [0.1, 0.15) is 22.7 Å². The second-order valence-corrected chi connectivity index (χ2v) is 5.40. The molecule has 2 aromatic heterocycles. The Morgan fingerprint density at radius 3 is 2.75 bits per heavy atom. The molecule has 5 heteroatoms. The molecule has 1 N–H and O–H groups in total. The number of para-hydroxylation sites is 1. The summed E-state index contributed by atoms with van der Waals surface area (Å²) in [4.78, 5) is 11.8. The summed E-state index contributed by atoms with van der Waals surface area (Å²) in [5.74, 6) is 1.13. The molecule has 0 saturated heterocycles. The fourth-order valence-corrected chi connectivity index (χ4v) is 2.59. The standard InChI is InChI=1S/C19H15NO4/c21-19(20-11-14-4-3-9-22-14)12-23-13-7-8-18-16(10-13)15-5-1-2-6-17(15)24-18/h1-10H,11-12H2,(H,20,21). The summed E-state index contributed by atoms with van der Waals surface area (Å²) in [6.45, 7) is 0.294. The van der Waals surface area contributed by atoms with Gasteiger partial charge in [-0.1, -0.05) is 18.2 Å². The van der Waals surface area contributed by atoms with Gasteiger partial charge in [0.15, 0.2) is 6.61 Å². The van der Waals surface area contributed by atoms with Crippen LogP contribution in [0.15, 0.2) is 69.7 Å². The van der Waals surface area contributed by atoms with Gasteiger partial charge < -0.3 is 18.9 Å². The molecule has 0 fully saturated rings. The van der Waals surface area contributed by atoms with E-state index < -0.39 is 0 Å². The molecular formula is C19H15NO4. The van der Waals surface area contributed by atoms with Gasteiger partial charge in [0.05, 0.1) is 12.8 Å². The normalized spacial score (nSPS) is 11.0. The molecule has 0 saturated carbocycles. The van der Waals surface area contributed by atoms with Gasteiger partial charge in [-0.3, -0.25) is 4.79 Å². The van der Waals surface area contributed by atoms with Crippen molar-refractivity contribution < 1.29 is 18.4 Å². The number of nitrogens with one attached hydrogen (secondary N) is 1. The van der Waals surface area contributed by atoms with E-state index in [1.807, 2.05) is 36.4 Å². The van der Waals surface area contributed by atoms with Crippen molar-refractivity contribution in [2.24, 2.45) is 0 Å². The van der Waals surface area contributed by atoms with Crippen LogP contribution in [-0.4, -0.2) is 12.5 Å². The van der Waals surface area contributed by atoms with Gasteiger partial charge in [-0.05, 0) is 36.4 Å². The second kappa shape index (κ2) is 6.12. The van der Waals surface area contributed by atoms with Crippen molar-refractivity contribution in [1.82, 2.24) is 5.32 Å². The lowest BCUT2D eigenvalue weighted by atomic mass is 10.1. The molecule has 5 nitrogen and oxygen atoms in total. The molecule has 0 aliphatic carbocycles. The predicted molar refractivity (Wildman–Crippen MR) is 89.8 cm³/mol. The van der Waals surface area contributed by atoms with Crippen LogP contribution in [-0.2, 0) is 11.3 Å². The Morgan fingerprint density at radius 2 is 1.88 bits per heavy atom. The maximum absolute atomic E-state index is 11.8. The van der Waals surface area contributed by atoms with Gasteiger partial charge in [0.25, 0.3) is 5.91 Å². The Kier molecular flexibility index (Phi) is 3.67.